The summed E-state index contributed by atoms with van der Waals surface area (Å²) in [6.07, 6.45) is 0. The third-order valence-corrected chi connectivity index (χ3v) is 1.50. The number of halogens is 3. The van der Waals surface area contributed by atoms with Gasteiger partial charge in [-0.25, -0.2) is 8.78 Å². The number of carbonyl (C=O) groups is 1. The van der Waals surface area contributed by atoms with E-state index in [-0.39, 0.29) is 11.4 Å². The lowest BCUT2D eigenvalue weighted by molar-refractivity contribution is 0.101. The molecule has 4 heteroatoms. The third-order valence-electron chi connectivity index (χ3n) is 1.26. The zero-order valence-electron chi connectivity index (χ0n) is 5.90. The minimum Gasteiger partial charge on any atom is -0.293 e. The minimum absolute atomic E-state index is 0.300. The monoisotopic (exact) mass is 189 g/mol. The molecule has 0 aliphatic rings. The Balaban J connectivity index is 3.09. The Hall–Kier alpha value is -0.960. The number of alkyl halides is 1. The highest BCUT2D eigenvalue weighted by molar-refractivity contribution is 6.30. The molecule has 0 atom stereocenters. The molecule has 12 heavy (non-hydrogen) atoms. The highest BCUT2D eigenvalue weighted by Gasteiger charge is 2.10. The second-order valence-corrected chi connectivity index (χ2v) is 2.36. The summed E-state index contributed by atoms with van der Waals surface area (Å²) in [5.41, 5.74) is -0.300. The highest BCUT2D eigenvalue weighted by Crippen LogP contribution is 2.09. The van der Waals surface area contributed by atoms with Crippen molar-refractivity contribution in [3.8, 4) is 0 Å². The van der Waals surface area contributed by atoms with Gasteiger partial charge in [-0.3, -0.25) is 4.79 Å². The Morgan fingerprint density at radius 2 is 2.25 bits per heavy atom. The second kappa shape index (κ2) is 3.63. The van der Waals surface area contributed by atoms with E-state index in [4.69, 9.17) is 11.6 Å². The Bertz CT molecular complexity index is 312. The number of hydrogen-bond donors (Lipinski definition) is 0. The van der Waals surface area contributed by atoms with E-state index in [1.807, 2.05) is 0 Å². The number of rotatable bonds is 2. The van der Waals surface area contributed by atoms with E-state index in [9.17, 15) is 13.6 Å². The number of benzene rings is 1. The van der Waals surface area contributed by atoms with Gasteiger partial charge in [0.2, 0.25) is 0 Å². The Labute approximate surface area is 73.0 Å². The van der Waals surface area contributed by atoms with E-state index in [1.54, 1.807) is 0 Å². The number of Topliss-reactive ketones (excluding diaryl/α,β-unsaturated/α-hetero) is 1. The molecule has 0 saturated heterocycles. The topological polar surface area (TPSA) is 17.1 Å². The average Bonchev–Trinajstić information content (AvgIpc) is 2.03. The Morgan fingerprint density at radius 1 is 1.58 bits per heavy atom. The SMILES string of the molecule is O=C(CCl)c1[c]cc(F)cc1F. The second-order valence-electron chi connectivity index (χ2n) is 2.10. The molecular formula is C8H4ClF2O. The molecule has 0 N–H and O–H groups in total. The lowest BCUT2D eigenvalue weighted by Gasteiger charge is -1.97. The molecular weight excluding hydrogens is 186 g/mol. The van der Waals surface area contributed by atoms with Gasteiger partial charge in [-0.05, 0) is 12.1 Å². The van der Waals surface area contributed by atoms with Crippen molar-refractivity contribution in [2.45, 2.75) is 0 Å². The fourth-order valence-corrected chi connectivity index (χ4v) is 0.859. The lowest BCUT2D eigenvalue weighted by Crippen LogP contribution is -2.04. The molecule has 1 aromatic carbocycles. The van der Waals surface area contributed by atoms with E-state index < -0.39 is 17.4 Å². The van der Waals surface area contributed by atoms with Crippen molar-refractivity contribution in [1.29, 1.82) is 0 Å². The van der Waals surface area contributed by atoms with Crippen LogP contribution in [0.4, 0.5) is 8.78 Å². The molecule has 0 spiro atoms. The van der Waals surface area contributed by atoms with Crippen LogP contribution in [0.5, 0.6) is 0 Å². The zero-order valence-corrected chi connectivity index (χ0v) is 6.66. The van der Waals surface area contributed by atoms with Crippen LogP contribution < -0.4 is 0 Å². The molecule has 0 fully saturated rings. The largest absolute Gasteiger partial charge is 0.293 e. The van der Waals surface area contributed by atoms with Crippen LogP contribution >= 0.6 is 11.6 Å². The maximum absolute atomic E-state index is 12.7. The van der Waals surface area contributed by atoms with Crippen LogP contribution in [0, 0.1) is 17.7 Å². The van der Waals surface area contributed by atoms with Gasteiger partial charge < -0.3 is 0 Å². The summed E-state index contributed by atoms with van der Waals surface area (Å²) < 4.78 is 25.0. The van der Waals surface area contributed by atoms with Gasteiger partial charge in [0.25, 0.3) is 0 Å². The first-order chi connectivity index (χ1) is 5.65. The highest BCUT2D eigenvalue weighted by atomic mass is 35.5. The van der Waals surface area contributed by atoms with Crippen molar-refractivity contribution in [2.75, 3.05) is 5.88 Å². The Morgan fingerprint density at radius 3 is 2.75 bits per heavy atom. The number of hydrogen-bond acceptors (Lipinski definition) is 1. The quantitative estimate of drug-likeness (QED) is 0.515. The van der Waals surface area contributed by atoms with Crippen LogP contribution in [-0.4, -0.2) is 11.7 Å². The molecule has 0 aromatic heterocycles. The van der Waals surface area contributed by atoms with E-state index in [1.165, 1.54) is 0 Å². The molecule has 63 valence electrons. The summed E-state index contributed by atoms with van der Waals surface area (Å²) in [5.74, 6) is -2.63. The molecule has 1 rings (SSSR count). The fraction of sp³-hybridized carbons (Fsp3) is 0.125. The number of carbonyl (C=O) groups excluding carboxylic acids is 1. The van der Waals surface area contributed by atoms with Crippen LogP contribution in [0.15, 0.2) is 12.1 Å². The van der Waals surface area contributed by atoms with Gasteiger partial charge >= 0.3 is 0 Å². The molecule has 0 heterocycles. The molecule has 0 amide bonds. The van der Waals surface area contributed by atoms with Gasteiger partial charge in [-0.1, -0.05) is 0 Å². The van der Waals surface area contributed by atoms with E-state index >= 15 is 0 Å². The van der Waals surface area contributed by atoms with Gasteiger partial charge in [-0.15, -0.1) is 11.6 Å². The summed E-state index contributed by atoms with van der Waals surface area (Å²) in [6.45, 7) is 0. The van der Waals surface area contributed by atoms with E-state index in [0.717, 1.165) is 6.07 Å². The minimum atomic E-state index is -0.930. The molecule has 1 nitrogen and oxygen atoms in total. The van der Waals surface area contributed by atoms with Crippen molar-refractivity contribution in [1.82, 2.24) is 0 Å². The Kier molecular flexibility index (Phi) is 2.76. The van der Waals surface area contributed by atoms with Crippen molar-refractivity contribution in [3.63, 3.8) is 0 Å². The fourth-order valence-electron chi connectivity index (χ4n) is 0.725. The van der Waals surface area contributed by atoms with Gasteiger partial charge in [0, 0.05) is 6.07 Å². The summed E-state index contributed by atoms with van der Waals surface area (Å²) in [4.78, 5) is 10.8. The summed E-state index contributed by atoms with van der Waals surface area (Å²) in [7, 11) is 0. The standard InChI is InChI=1S/C8H4ClF2O/c9-4-8(12)6-2-1-5(10)3-7(6)11/h1,3H,4H2. The van der Waals surface area contributed by atoms with Gasteiger partial charge in [-0.2, -0.15) is 0 Å². The first-order valence-electron chi connectivity index (χ1n) is 3.11. The van der Waals surface area contributed by atoms with Crippen LogP contribution in [-0.2, 0) is 0 Å². The van der Waals surface area contributed by atoms with Crippen molar-refractivity contribution >= 4 is 17.4 Å². The molecule has 0 saturated carbocycles. The van der Waals surface area contributed by atoms with Crippen LogP contribution in [0.25, 0.3) is 0 Å². The van der Waals surface area contributed by atoms with Gasteiger partial charge in [0.1, 0.15) is 11.6 Å². The maximum Gasteiger partial charge on any atom is 0.181 e. The molecule has 0 aliphatic heterocycles. The van der Waals surface area contributed by atoms with Crippen LogP contribution in [0.3, 0.4) is 0 Å². The average molecular weight is 190 g/mol. The number of ketones is 1. The zero-order chi connectivity index (χ0) is 9.14. The van der Waals surface area contributed by atoms with Gasteiger partial charge in [0.05, 0.1) is 11.4 Å². The first-order valence-corrected chi connectivity index (χ1v) is 3.64. The smallest absolute Gasteiger partial charge is 0.181 e. The predicted molar refractivity (Wildman–Crippen MR) is 40.2 cm³/mol. The molecule has 1 aromatic rings. The normalized spacial score (nSPS) is 9.92. The van der Waals surface area contributed by atoms with E-state index in [2.05, 4.69) is 6.07 Å². The summed E-state index contributed by atoms with van der Waals surface area (Å²) >= 11 is 5.17. The van der Waals surface area contributed by atoms with Crippen LogP contribution in [0.2, 0.25) is 0 Å². The summed E-state index contributed by atoms with van der Waals surface area (Å²) in [6, 6.07) is 3.68. The van der Waals surface area contributed by atoms with Crippen molar-refractivity contribution in [2.24, 2.45) is 0 Å². The van der Waals surface area contributed by atoms with Crippen molar-refractivity contribution in [3.05, 3.63) is 35.4 Å². The predicted octanol–water partition coefficient (Wildman–Crippen LogP) is 2.19. The van der Waals surface area contributed by atoms with Crippen molar-refractivity contribution < 1.29 is 13.6 Å². The molecule has 0 bridgehead atoms. The molecule has 0 unspecified atom stereocenters. The van der Waals surface area contributed by atoms with Gasteiger partial charge in [0.15, 0.2) is 5.78 Å². The molecule has 1 radical (unpaired) electrons. The van der Waals surface area contributed by atoms with E-state index in [0.29, 0.717) is 6.07 Å². The lowest BCUT2D eigenvalue weighted by atomic mass is 10.1. The van der Waals surface area contributed by atoms with Crippen LogP contribution in [0.1, 0.15) is 10.4 Å². The summed E-state index contributed by atoms with van der Waals surface area (Å²) in [5, 5.41) is 0. The molecule has 0 aliphatic carbocycles. The third kappa shape index (κ3) is 1.80. The maximum atomic E-state index is 12.7. The first kappa shape index (κ1) is 9.13.